The van der Waals surface area contributed by atoms with E-state index in [2.05, 4.69) is 76.2 Å². The molecule has 4 nitrogen and oxygen atoms in total. The molecule has 3 heterocycles. The van der Waals surface area contributed by atoms with E-state index in [1.807, 2.05) is 18.5 Å². The van der Waals surface area contributed by atoms with Gasteiger partial charge in [0.25, 0.3) is 0 Å². The summed E-state index contributed by atoms with van der Waals surface area (Å²) in [6.45, 7) is 0.651. The molecule has 2 aromatic carbocycles. The van der Waals surface area contributed by atoms with E-state index >= 15 is 0 Å². The molecule has 0 bridgehead atoms. The maximum atomic E-state index is 12.5. The molecule has 0 saturated carbocycles. The lowest BCUT2D eigenvalue weighted by atomic mass is 9.72. The Morgan fingerprint density at radius 2 is 2.00 bits per heavy atom. The standard InChI is InChI=1S/C19H14Br3N3O/c20-10-1-2-16-14(6-10)19-3-4-23-17(26)8-13(19)12-5-11(21)7-15(22)18(12)25(19)9-24-16/h1-2,5-7,9,13H,3-4,8H2,(H,23,26). The highest BCUT2D eigenvalue weighted by Crippen LogP contribution is 2.61. The number of nitrogens with zero attached hydrogens (tertiary/aromatic N) is 2. The second-order valence-electron chi connectivity index (χ2n) is 6.88. The zero-order valence-electron chi connectivity index (χ0n) is 13.6. The van der Waals surface area contributed by atoms with Crippen molar-refractivity contribution in [2.24, 2.45) is 4.99 Å². The first-order valence-electron chi connectivity index (χ1n) is 8.40. The third-order valence-corrected chi connectivity index (χ3v) is 7.19. The molecule has 26 heavy (non-hydrogen) atoms. The highest BCUT2D eigenvalue weighted by molar-refractivity contribution is 9.11. The van der Waals surface area contributed by atoms with Gasteiger partial charge in [-0.15, -0.1) is 0 Å². The van der Waals surface area contributed by atoms with Crippen molar-refractivity contribution in [1.29, 1.82) is 0 Å². The Morgan fingerprint density at radius 1 is 1.15 bits per heavy atom. The number of carbonyl (C=O) groups excluding carboxylic acids is 1. The number of anilines is 1. The molecule has 0 radical (unpaired) electrons. The number of fused-ring (bicyclic) bond motifs is 4. The van der Waals surface area contributed by atoms with Gasteiger partial charge in [-0.3, -0.25) is 4.79 Å². The van der Waals surface area contributed by atoms with Crippen LogP contribution < -0.4 is 10.2 Å². The predicted octanol–water partition coefficient (Wildman–Crippen LogP) is 5.36. The summed E-state index contributed by atoms with van der Waals surface area (Å²) >= 11 is 11.0. The number of hydrogen-bond donors (Lipinski definition) is 1. The molecule has 5 rings (SSSR count). The Labute approximate surface area is 176 Å². The third-order valence-electron chi connectivity index (χ3n) is 5.64. The van der Waals surface area contributed by atoms with E-state index in [-0.39, 0.29) is 17.4 Å². The maximum absolute atomic E-state index is 12.5. The minimum Gasteiger partial charge on any atom is -0.356 e. The summed E-state index contributed by atoms with van der Waals surface area (Å²) < 4.78 is 3.05. The molecule has 2 atom stereocenters. The zero-order valence-corrected chi connectivity index (χ0v) is 18.4. The second kappa shape index (κ2) is 5.91. The fraction of sp³-hybridized carbons (Fsp3) is 0.263. The van der Waals surface area contributed by atoms with Crippen molar-refractivity contribution >= 4 is 71.4 Å². The van der Waals surface area contributed by atoms with E-state index in [1.54, 1.807) is 0 Å². The SMILES string of the molecule is O=C1CC2c3cc(Br)cc(Br)c3N3C=Nc4ccc(Br)cc4C23CCN1. The number of nitrogens with one attached hydrogen (secondary N) is 1. The largest absolute Gasteiger partial charge is 0.356 e. The molecule has 1 N–H and O–H groups in total. The van der Waals surface area contributed by atoms with E-state index in [0.717, 1.165) is 31.2 Å². The van der Waals surface area contributed by atoms with Crippen molar-refractivity contribution in [2.45, 2.75) is 24.3 Å². The van der Waals surface area contributed by atoms with Crippen LogP contribution in [0.2, 0.25) is 0 Å². The molecular weight excluding hydrogens is 526 g/mol. The van der Waals surface area contributed by atoms with Crippen LogP contribution in [-0.4, -0.2) is 18.8 Å². The van der Waals surface area contributed by atoms with Crippen molar-refractivity contribution in [2.75, 3.05) is 11.4 Å². The van der Waals surface area contributed by atoms with E-state index in [0.29, 0.717) is 13.0 Å². The normalized spacial score (nSPS) is 25.7. The molecule has 2 aromatic rings. The van der Waals surface area contributed by atoms with Gasteiger partial charge in [0.1, 0.15) is 0 Å². The Morgan fingerprint density at radius 3 is 2.85 bits per heavy atom. The average Bonchev–Trinajstić information content (AvgIpc) is 2.74. The van der Waals surface area contributed by atoms with Gasteiger partial charge in [0.05, 0.1) is 23.3 Å². The number of halogens is 3. The van der Waals surface area contributed by atoms with Gasteiger partial charge in [-0.1, -0.05) is 31.9 Å². The van der Waals surface area contributed by atoms with E-state index in [9.17, 15) is 4.79 Å². The van der Waals surface area contributed by atoms with Crippen LogP contribution in [0, 0.1) is 0 Å². The highest BCUT2D eigenvalue weighted by atomic mass is 79.9. The van der Waals surface area contributed by atoms with Crippen molar-refractivity contribution in [1.82, 2.24) is 5.32 Å². The molecule has 1 fully saturated rings. The van der Waals surface area contributed by atoms with E-state index in [4.69, 9.17) is 4.99 Å². The van der Waals surface area contributed by atoms with E-state index in [1.165, 1.54) is 11.1 Å². The number of hydrogen-bond acceptors (Lipinski definition) is 3. The molecule has 2 unspecified atom stereocenters. The summed E-state index contributed by atoms with van der Waals surface area (Å²) in [6, 6.07) is 10.4. The van der Waals surface area contributed by atoms with Gasteiger partial charge < -0.3 is 10.2 Å². The Balaban J connectivity index is 1.85. The van der Waals surface area contributed by atoms with Crippen molar-refractivity contribution in [3.05, 3.63) is 54.9 Å². The molecule has 1 amide bonds. The number of amides is 1. The van der Waals surface area contributed by atoms with Crippen LogP contribution in [0.15, 0.2) is 48.7 Å². The first kappa shape index (κ1) is 17.0. The van der Waals surface area contributed by atoms with Gasteiger partial charge in [0.2, 0.25) is 5.91 Å². The minimum atomic E-state index is -0.314. The summed E-state index contributed by atoms with van der Waals surface area (Å²) in [4.78, 5) is 19.5. The quantitative estimate of drug-likeness (QED) is 0.490. The molecule has 0 aliphatic carbocycles. The van der Waals surface area contributed by atoms with Crippen LogP contribution in [0.25, 0.3) is 0 Å². The van der Waals surface area contributed by atoms with Crippen molar-refractivity contribution < 1.29 is 4.79 Å². The molecule has 132 valence electrons. The fourth-order valence-corrected chi connectivity index (χ4v) is 6.46. The lowest BCUT2D eigenvalue weighted by molar-refractivity contribution is -0.121. The van der Waals surface area contributed by atoms with Crippen LogP contribution in [0.5, 0.6) is 0 Å². The van der Waals surface area contributed by atoms with Gasteiger partial charge in [-0.2, -0.15) is 0 Å². The molecule has 1 saturated heterocycles. The highest BCUT2D eigenvalue weighted by Gasteiger charge is 2.56. The first-order valence-corrected chi connectivity index (χ1v) is 10.8. The molecule has 7 heteroatoms. The third kappa shape index (κ3) is 2.23. The summed E-state index contributed by atoms with van der Waals surface area (Å²) in [7, 11) is 0. The topological polar surface area (TPSA) is 44.7 Å². The summed E-state index contributed by atoms with van der Waals surface area (Å²) in [5.41, 5.74) is 4.14. The lowest BCUT2D eigenvalue weighted by Crippen LogP contribution is -2.47. The molecule has 1 spiro atoms. The second-order valence-corrected chi connectivity index (χ2v) is 9.57. The van der Waals surface area contributed by atoms with Crippen molar-refractivity contribution in [3.8, 4) is 0 Å². The monoisotopic (exact) mass is 537 g/mol. The van der Waals surface area contributed by atoms with Gasteiger partial charge in [0.15, 0.2) is 0 Å². The summed E-state index contributed by atoms with van der Waals surface area (Å²) in [6.07, 6.45) is 3.23. The summed E-state index contributed by atoms with van der Waals surface area (Å²) in [5, 5.41) is 3.06. The Hall–Kier alpha value is -1.18. The fourth-order valence-electron chi connectivity index (χ4n) is 4.65. The van der Waals surface area contributed by atoms with E-state index < -0.39 is 0 Å². The molecule has 3 aliphatic rings. The van der Waals surface area contributed by atoms with Crippen LogP contribution in [-0.2, 0) is 10.3 Å². The van der Waals surface area contributed by atoms with Gasteiger partial charge in [-0.25, -0.2) is 4.99 Å². The van der Waals surface area contributed by atoms with Gasteiger partial charge in [-0.05, 0) is 58.2 Å². The molecule has 0 aromatic heterocycles. The number of benzene rings is 2. The van der Waals surface area contributed by atoms with Crippen LogP contribution in [0.1, 0.15) is 29.9 Å². The number of rotatable bonds is 0. The number of aliphatic imine (C=N–C) groups is 1. The van der Waals surface area contributed by atoms with Gasteiger partial charge >= 0.3 is 0 Å². The lowest BCUT2D eigenvalue weighted by Gasteiger charge is -2.44. The smallest absolute Gasteiger partial charge is 0.220 e. The molecular formula is C19H14Br3N3O. The maximum Gasteiger partial charge on any atom is 0.220 e. The summed E-state index contributed by atoms with van der Waals surface area (Å²) in [5.74, 6) is 0.170. The van der Waals surface area contributed by atoms with Crippen LogP contribution in [0.3, 0.4) is 0 Å². The van der Waals surface area contributed by atoms with Crippen LogP contribution in [0.4, 0.5) is 11.4 Å². The first-order chi connectivity index (χ1) is 12.5. The number of carbonyl (C=O) groups is 1. The Kier molecular flexibility index (Phi) is 3.85. The Bertz CT molecular complexity index is 990. The van der Waals surface area contributed by atoms with Gasteiger partial charge in [0, 0.05) is 37.9 Å². The van der Waals surface area contributed by atoms with Crippen LogP contribution >= 0.6 is 47.8 Å². The molecule has 3 aliphatic heterocycles. The zero-order chi connectivity index (χ0) is 18.1. The average molecular weight is 540 g/mol. The predicted molar refractivity (Wildman–Crippen MR) is 113 cm³/mol. The minimum absolute atomic E-state index is 0.0635. The van der Waals surface area contributed by atoms with Crippen molar-refractivity contribution in [3.63, 3.8) is 0 Å².